The first-order valence-corrected chi connectivity index (χ1v) is 4.74. The number of carbonyl (C=O) groups excluding carboxylic acids is 1. The molecule has 0 amide bonds. The largest absolute Gasteiger partial charge is 0.465 e. The normalized spacial score (nSPS) is 8.93. The van der Waals surface area contributed by atoms with Gasteiger partial charge in [-0.1, -0.05) is 17.5 Å². The minimum absolute atomic E-state index is 0.0537. The Bertz CT molecular complexity index is 392. The molecule has 5 heteroatoms. The maximum Gasteiger partial charge on any atom is 0.317 e. The molecule has 0 bridgehead atoms. The van der Waals surface area contributed by atoms with Gasteiger partial charge in [0.1, 0.15) is 12.1 Å². The Balaban J connectivity index is 2.51. The minimum atomic E-state index is -0.341. The molecule has 0 unspecified atom stereocenters. The van der Waals surface area contributed by atoms with Crippen LogP contribution in [0.3, 0.4) is 0 Å². The monoisotopic (exact) mass is 224 g/mol. The summed E-state index contributed by atoms with van der Waals surface area (Å²) in [6.07, 6.45) is 0.0537. The van der Waals surface area contributed by atoms with Crippen LogP contribution in [0.15, 0.2) is 12.1 Å². The van der Waals surface area contributed by atoms with Crippen LogP contribution in [0.25, 0.3) is 0 Å². The lowest BCUT2D eigenvalue weighted by molar-refractivity contribution is -0.141. The first-order valence-electron chi connectivity index (χ1n) is 4.36. The van der Waals surface area contributed by atoms with Crippen LogP contribution in [-0.4, -0.2) is 22.8 Å². The fraction of sp³-hybridized carbons (Fsp3) is 0.300. The molecular formula is C10H9ClN2O2. The third-order valence-electron chi connectivity index (χ3n) is 1.39. The molecule has 1 aromatic heterocycles. The Labute approximate surface area is 92.6 Å². The van der Waals surface area contributed by atoms with Gasteiger partial charge < -0.3 is 4.74 Å². The molecule has 1 heterocycles. The quantitative estimate of drug-likeness (QED) is 0.563. The second kappa shape index (κ2) is 5.99. The van der Waals surface area contributed by atoms with Crippen molar-refractivity contribution in [2.45, 2.75) is 13.3 Å². The van der Waals surface area contributed by atoms with E-state index in [9.17, 15) is 4.79 Å². The molecular weight excluding hydrogens is 216 g/mol. The minimum Gasteiger partial charge on any atom is -0.465 e. The van der Waals surface area contributed by atoms with Crippen molar-refractivity contribution in [3.05, 3.63) is 23.0 Å². The standard InChI is InChI=1S/C10H9ClN2O2/c1-2-15-10(14)5-3-4-8-6-7-9(11)13-12-8/h6-7H,2,5H2,1H3. The van der Waals surface area contributed by atoms with Crippen molar-refractivity contribution >= 4 is 17.6 Å². The first kappa shape index (κ1) is 11.5. The van der Waals surface area contributed by atoms with E-state index in [1.807, 2.05) is 0 Å². The third kappa shape index (κ3) is 4.43. The first-order chi connectivity index (χ1) is 7.22. The third-order valence-corrected chi connectivity index (χ3v) is 1.59. The van der Waals surface area contributed by atoms with Crippen molar-refractivity contribution in [3.8, 4) is 11.8 Å². The summed E-state index contributed by atoms with van der Waals surface area (Å²) in [6, 6.07) is 3.22. The number of rotatable bonds is 2. The fourth-order valence-corrected chi connectivity index (χ4v) is 0.902. The lowest BCUT2D eigenvalue weighted by atomic mass is 10.3. The van der Waals surface area contributed by atoms with E-state index in [2.05, 4.69) is 22.0 Å². The molecule has 0 radical (unpaired) electrons. The molecule has 0 aliphatic heterocycles. The number of nitrogens with zero attached hydrogens (tertiary/aromatic N) is 2. The number of hydrogen-bond donors (Lipinski definition) is 0. The van der Waals surface area contributed by atoms with E-state index < -0.39 is 0 Å². The summed E-state index contributed by atoms with van der Waals surface area (Å²) in [5.74, 6) is 4.97. The van der Waals surface area contributed by atoms with Gasteiger partial charge in [-0.05, 0) is 25.0 Å². The topological polar surface area (TPSA) is 52.1 Å². The lowest BCUT2D eigenvalue weighted by Gasteiger charge is -1.94. The highest BCUT2D eigenvalue weighted by atomic mass is 35.5. The molecule has 0 spiro atoms. The van der Waals surface area contributed by atoms with Crippen LogP contribution < -0.4 is 0 Å². The van der Waals surface area contributed by atoms with Crippen molar-refractivity contribution in [2.24, 2.45) is 0 Å². The molecule has 0 saturated carbocycles. The van der Waals surface area contributed by atoms with Crippen LogP contribution in [0.4, 0.5) is 0 Å². The van der Waals surface area contributed by atoms with Crippen LogP contribution in [0.5, 0.6) is 0 Å². The molecule has 1 aromatic rings. The number of hydrogen-bond acceptors (Lipinski definition) is 4. The van der Waals surface area contributed by atoms with E-state index in [1.165, 1.54) is 0 Å². The zero-order valence-corrected chi connectivity index (χ0v) is 8.91. The van der Waals surface area contributed by atoms with E-state index in [0.29, 0.717) is 17.5 Å². The summed E-state index contributed by atoms with van der Waals surface area (Å²) in [5, 5.41) is 7.63. The van der Waals surface area contributed by atoms with Gasteiger partial charge in [-0.25, -0.2) is 0 Å². The van der Waals surface area contributed by atoms with E-state index in [1.54, 1.807) is 19.1 Å². The number of ether oxygens (including phenoxy) is 1. The summed E-state index contributed by atoms with van der Waals surface area (Å²) in [6.45, 7) is 2.11. The predicted molar refractivity (Wildman–Crippen MR) is 55.2 cm³/mol. The Morgan fingerprint density at radius 2 is 2.33 bits per heavy atom. The van der Waals surface area contributed by atoms with Crippen LogP contribution >= 0.6 is 11.6 Å². The zero-order valence-electron chi connectivity index (χ0n) is 8.16. The average molecular weight is 225 g/mol. The van der Waals surface area contributed by atoms with Crippen molar-refractivity contribution in [1.82, 2.24) is 10.2 Å². The molecule has 0 aromatic carbocycles. The smallest absolute Gasteiger partial charge is 0.317 e. The number of halogens is 1. The summed E-state index contributed by atoms with van der Waals surface area (Å²) >= 11 is 5.54. The van der Waals surface area contributed by atoms with Crippen molar-refractivity contribution < 1.29 is 9.53 Å². The van der Waals surface area contributed by atoms with E-state index in [0.717, 1.165) is 0 Å². The highest BCUT2D eigenvalue weighted by Crippen LogP contribution is 2.00. The molecule has 0 atom stereocenters. The van der Waals surface area contributed by atoms with E-state index >= 15 is 0 Å². The predicted octanol–water partition coefficient (Wildman–Crippen LogP) is 1.43. The summed E-state index contributed by atoms with van der Waals surface area (Å²) in [4.78, 5) is 10.9. The van der Waals surface area contributed by atoms with Gasteiger partial charge >= 0.3 is 5.97 Å². The van der Waals surface area contributed by atoms with Crippen LogP contribution in [0, 0.1) is 11.8 Å². The molecule has 0 N–H and O–H groups in total. The van der Waals surface area contributed by atoms with Gasteiger partial charge in [0.15, 0.2) is 5.15 Å². The van der Waals surface area contributed by atoms with Crippen molar-refractivity contribution in [2.75, 3.05) is 6.61 Å². The van der Waals surface area contributed by atoms with Gasteiger partial charge in [-0.3, -0.25) is 4.79 Å². The van der Waals surface area contributed by atoms with Crippen LogP contribution in [-0.2, 0) is 9.53 Å². The van der Waals surface area contributed by atoms with Gasteiger partial charge in [0, 0.05) is 0 Å². The lowest BCUT2D eigenvalue weighted by Crippen LogP contribution is -2.01. The van der Waals surface area contributed by atoms with Crippen molar-refractivity contribution in [3.63, 3.8) is 0 Å². The molecule has 0 saturated heterocycles. The summed E-state index contributed by atoms with van der Waals surface area (Å²) in [7, 11) is 0. The molecule has 4 nitrogen and oxygen atoms in total. The number of aromatic nitrogens is 2. The van der Waals surface area contributed by atoms with Crippen LogP contribution in [0.2, 0.25) is 5.15 Å². The fourth-order valence-electron chi connectivity index (χ4n) is 0.802. The molecule has 78 valence electrons. The van der Waals surface area contributed by atoms with Crippen LogP contribution in [0.1, 0.15) is 19.0 Å². The van der Waals surface area contributed by atoms with E-state index in [4.69, 9.17) is 16.3 Å². The maximum absolute atomic E-state index is 10.9. The Morgan fingerprint density at radius 1 is 1.53 bits per heavy atom. The second-order valence-electron chi connectivity index (χ2n) is 2.52. The van der Waals surface area contributed by atoms with E-state index in [-0.39, 0.29) is 12.4 Å². The second-order valence-corrected chi connectivity index (χ2v) is 2.91. The number of carbonyl (C=O) groups is 1. The maximum atomic E-state index is 10.9. The average Bonchev–Trinajstić information content (AvgIpc) is 2.21. The Kier molecular flexibility index (Phi) is 4.58. The highest BCUT2D eigenvalue weighted by Gasteiger charge is 1.96. The summed E-state index contributed by atoms with van der Waals surface area (Å²) < 4.78 is 4.70. The zero-order chi connectivity index (χ0) is 11.1. The molecule has 1 rings (SSSR count). The van der Waals surface area contributed by atoms with Crippen molar-refractivity contribution in [1.29, 1.82) is 0 Å². The Morgan fingerprint density at radius 3 is 2.93 bits per heavy atom. The SMILES string of the molecule is CCOC(=O)CC#Cc1ccc(Cl)nn1. The molecule has 0 aliphatic rings. The van der Waals surface area contributed by atoms with Gasteiger partial charge in [0.2, 0.25) is 0 Å². The summed E-state index contributed by atoms with van der Waals surface area (Å²) in [5.41, 5.74) is 0.476. The van der Waals surface area contributed by atoms with Gasteiger partial charge in [-0.15, -0.1) is 10.2 Å². The van der Waals surface area contributed by atoms with Gasteiger partial charge in [0.25, 0.3) is 0 Å². The van der Waals surface area contributed by atoms with Gasteiger partial charge in [0.05, 0.1) is 6.61 Å². The molecule has 0 fully saturated rings. The Hall–Kier alpha value is -1.60. The molecule has 15 heavy (non-hydrogen) atoms. The van der Waals surface area contributed by atoms with Gasteiger partial charge in [-0.2, -0.15) is 0 Å². The highest BCUT2D eigenvalue weighted by molar-refractivity contribution is 6.29. The molecule has 0 aliphatic carbocycles. The number of esters is 1.